The van der Waals surface area contributed by atoms with Crippen molar-refractivity contribution >= 4 is 0 Å². The van der Waals surface area contributed by atoms with Gasteiger partial charge in [-0.15, -0.1) is 0 Å². The van der Waals surface area contributed by atoms with E-state index in [1.165, 1.54) is 17.7 Å². The molecule has 0 saturated carbocycles. The van der Waals surface area contributed by atoms with Gasteiger partial charge in [-0.2, -0.15) is 0 Å². The van der Waals surface area contributed by atoms with Gasteiger partial charge in [-0.1, -0.05) is 38.1 Å². The standard InChI is InChI=1S/C18H22FNO/c1-3-13(2)14-6-10-17(11-7-14)21-18(12-20)15-4-8-16(19)9-5-15/h4-11,13,18H,3,12,20H2,1-2H3. The molecule has 2 N–H and O–H groups in total. The predicted molar refractivity (Wildman–Crippen MR) is 84.0 cm³/mol. The number of hydrogen-bond donors (Lipinski definition) is 1. The SMILES string of the molecule is CCC(C)c1ccc(OC(CN)c2ccc(F)cc2)cc1. The Hall–Kier alpha value is -1.87. The minimum Gasteiger partial charge on any atom is -0.484 e. The van der Waals surface area contributed by atoms with Crippen molar-refractivity contribution in [3.8, 4) is 5.75 Å². The molecule has 2 nitrogen and oxygen atoms in total. The van der Waals surface area contributed by atoms with Crippen LogP contribution in [0.4, 0.5) is 4.39 Å². The summed E-state index contributed by atoms with van der Waals surface area (Å²) in [5.74, 6) is 1.07. The van der Waals surface area contributed by atoms with Crippen molar-refractivity contribution in [3.63, 3.8) is 0 Å². The number of halogens is 1. The molecule has 3 heteroatoms. The summed E-state index contributed by atoms with van der Waals surface area (Å²) in [6.45, 7) is 4.73. The Morgan fingerprint density at radius 3 is 2.10 bits per heavy atom. The van der Waals surface area contributed by atoms with Crippen LogP contribution in [0.3, 0.4) is 0 Å². The van der Waals surface area contributed by atoms with Gasteiger partial charge in [-0.05, 0) is 47.7 Å². The van der Waals surface area contributed by atoms with Gasteiger partial charge >= 0.3 is 0 Å². The van der Waals surface area contributed by atoms with Crippen molar-refractivity contribution in [2.45, 2.75) is 32.3 Å². The second-order valence-corrected chi connectivity index (χ2v) is 5.27. The van der Waals surface area contributed by atoms with Crippen LogP contribution < -0.4 is 10.5 Å². The molecule has 0 heterocycles. The van der Waals surface area contributed by atoms with Gasteiger partial charge in [0.05, 0.1) is 0 Å². The first-order chi connectivity index (χ1) is 10.1. The molecule has 112 valence electrons. The van der Waals surface area contributed by atoms with Crippen LogP contribution in [0.15, 0.2) is 48.5 Å². The van der Waals surface area contributed by atoms with E-state index in [2.05, 4.69) is 26.0 Å². The highest BCUT2D eigenvalue weighted by molar-refractivity contribution is 5.30. The summed E-state index contributed by atoms with van der Waals surface area (Å²) < 4.78 is 18.9. The summed E-state index contributed by atoms with van der Waals surface area (Å²) in [5, 5.41) is 0. The van der Waals surface area contributed by atoms with E-state index in [0.29, 0.717) is 12.5 Å². The van der Waals surface area contributed by atoms with Crippen molar-refractivity contribution in [2.24, 2.45) is 5.73 Å². The van der Waals surface area contributed by atoms with E-state index in [1.54, 1.807) is 12.1 Å². The smallest absolute Gasteiger partial charge is 0.136 e. The third kappa shape index (κ3) is 4.05. The molecule has 0 bridgehead atoms. The molecule has 0 aromatic heterocycles. The number of ether oxygens (including phenoxy) is 1. The minimum absolute atomic E-state index is 0.257. The fourth-order valence-corrected chi connectivity index (χ4v) is 2.20. The van der Waals surface area contributed by atoms with Gasteiger partial charge in [0, 0.05) is 6.54 Å². The van der Waals surface area contributed by atoms with Crippen LogP contribution >= 0.6 is 0 Å². The lowest BCUT2D eigenvalue weighted by atomic mass is 9.99. The van der Waals surface area contributed by atoms with Gasteiger partial charge in [0.25, 0.3) is 0 Å². The van der Waals surface area contributed by atoms with Gasteiger partial charge < -0.3 is 10.5 Å². The zero-order valence-electron chi connectivity index (χ0n) is 12.6. The number of hydrogen-bond acceptors (Lipinski definition) is 2. The molecular weight excluding hydrogens is 265 g/mol. The van der Waals surface area contributed by atoms with Crippen LogP contribution in [-0.2, 0) is 0 Å². The summed E-state index contributed by atoms with van der Waals surface area (Å²) in [6.07, 6.45) is 0.848. The average Bonchev–Trinajstić information content (AvgIpc) is 2.53. The molecule has 0 spiro atoms. The fraction of sp³-hybridized carbons (Fsp3) is 0.333. The van der Waals surface area contributed by atoms with E-state index in [9.17, 15) is 4.39 Å². The first-order valence-electron chi connectivity index (χ1n) is 7.36. The third-order valence-corrected chi connectivity index (χ3v) is 3.80. The van der Waals surface area contributed by atoms with Crippen molar-refractivity contribution in [1.29, 1.82) is 0 Å². The van der Waals surface area contributed by atoms with Crippen LogP contribution in [-0.4, -0.2) is 6.54 Å². The molecule has 2 unspecified atom stereocenters. The largest absolute Gasteiger partial charge is 0.484 e. The highest BCUT2D eigenvalue weighted by Gasteiger charge is 2.12. The lowest BCUT2D eigenvalue weighted by molar-refractivity contribution is 0.214. The molecule has 0 saturated heterocycles. The van der Waals surface area contributed by atoms with Crippen LogP contribution in [0.1, 0.15) is 43.4 Å². The molecule has 21 heavy (non-hydrogen) atoms. The van der Waals surface area contributed by atoms with E-state index in [0.717, 1.165) is 17.7 Å². The fourth-order valence-electron chi connectivity index (χ4n) is 2.20. The van der Waals surface area contributed by atoms with Crippen LogP contribution in [0.25, 0.3) is 0 Å². The maximum absolute atomic E-state index is 13.0. The number of rotatable bonds is 6. The molecule has 2 atom stereocenters. The summed E-state index contributed by atoms with van der Waals surface area (Å²) in [7, 11) is 0. The van der Waals surface area contributed by atoms with E-state index in [1.807, 2.05) is 12.1 Å². The van der Waals surface area contributed by atoms with Gasteiger partial charge in [0.15, 0.2) is 0 Å². The van der Waals surface area contributed by atoms with Crippen molar-refractivity contribution in [3.05, 3.63) is 65.5 Å². The van der Waals surface area contributed by atoms with Crippen LogP contribution in [0.5, 0.6) is 5.75 Å². The molecule has 0 fully saturated rings. The Balaban J connectivity index is 2.09. The van der Waals surface area contributed by atoms with Gasteiger partial charge in [0.1, 0.15) is 17.7 Å². The highest BCUT2D eigenvalue weighted by atomic mass is 19.1. The van der Waals surface area contributed by atoms with Gasteiger partial charge in [0.2, 0.25) is 0 Å². The molecule has 0 aliphatic carbocycles. The monoisotopic (exact) mass is 287 g/mol. The number of nitrogens with two attached hydrogens (primary N) is 1. The second kappa shape index (κ2) is 7.23. The number of benzene rings is 2. The van der Waals surface area contributed by atoms with Crippen molar-refractivity contribution in [2.75, 3.05) is 6.54 Å². The molecule has 0 amide bonds. The Morgan fingerprint density at radius 2 is 1.57 bits per heavy atom. The Bertz CT molecular complexity index is 550. The maximum atomic E-state index is 13.0. The van der Waals surface area contributed by atoms with Crippen LogP contribution in [0.2, 0.25) is 0 Å². The summed E-state index contributed by atoms with van der Waals surface area (Å²) in [4.78, 5) is 0. The van der Waals surface area contributed by atoms with Crippen LogP contribution in [0, 0.1) is 5.82 Å². The van der Waals surface area contributed by atoms with E-state index >= 15 is 0 Å². The lowest BCUT2D eigenvalue weighted by Crippen LogP contribution is -2.18. The Labute approximate surface area is 125 Å². The Kier molecular flexibility index (Phi) is 5.34. The normalized spacial score (nSPS) is 13.7. The first-order valence-corrected chi connectivity index (χ1v) is 7.36. The zero-order valence-corrected chi connectivity index (χ0v) is 12.6. The average molecular weight is 287 g/mol. The molecular formula is C18H22FNO. The molecule has 0 aliphatic heterocycles. The van der Waals surface area contributed by atoms with E-state index in [4.69, 9.17) is 10.5 Å². The van der Waals surface area contributed by atoms with E-state index in [-0.39, 0.29) is 11.9 Å². The van der Waals surface area contributed by atoms with Crippen molar-refractivity contribution < 1.29 is 9.13 Å². The molecule has 2 aromatic rings. The molecule has 0 radical (unpaired) electrons. The highest BCUT2D eigenvalue weighted by Crippen LogP contribution is 2.25. The minimum atomic E-state index is -0.264. The van der Waals surface area contributed by atoms with Gasteiger partial charge in [-0.3, -0.25) is 0 Å². The van der Waals surface area contributed by atoms with E-state index < -0.39 is 0 Å². The lowest BCUT2D eigenvalue weighted by Gasteiger charge is -2.18. The second-order valence-electron chi connectivity index (χ2n) is 5.27. The quantitative estimate of drug-likeness (QED) is 0.853. The predicted octanol–water partition coefficient (Wildman–Crippen LogP) is 4.42. The third-order valence-electron chi connectivity index (χ3n) is 3.80. The van der Waals surface area contributed by atoms with Crippen molar-refractivity contribution in [1.82, 2.24) is 0 Å². The Morgan fingerprint density at radius 1 is 1.00 bits per heavy atom. The maximum Gasteiger partial charge on any atom is 0.136 e. The molecule has 2 rings (SSSR count). The summed E-state index contributed by atoms with van der Waals surface area (Å²) in [6, 6.07) is 14.4. The molecule has 0 aliphatic rings. The first kappa shape index (κ1) is 15.5. The summed E-state index contributed by atoms with van der Waals surface area (Å²) in [5.41, 5.74) is 7.95. The van der Waals surface area contributed by atoms with Gasteiger partial charge in [-0.25, -0.2) is 4.39 Å². The zero-order chi connectivity index (χ0) is 15.2. The summed E-state index contributed by atoms with van der Waals surface area (Å²) >= 11 is 0. The topological polar surface area (TPSA) is 35.2 Å². The molecule has 2 aromatic carbocycles.